The second kappa shape index (κ2) is 11.4. The number of halogens is 1. The van der Waals surface area contributed by atoms with Crippen molar-refractivity contribution in [1.29, 1.82) is 0 Å². The molecule has 1 saturated heterocycles. The fourth-order valence-corrected chi connectivity index (χ4v) is 4.13. The van der Waals surface area contributed by atoms with Crippen LogP contribution in [0.15, 0.2) is 65.1 Å². The number of benzene rings is 2. The lowest BCUT2D eigenvalue weighted by atomic mass is 10.1. The van der Waals surface area contributed by atoms with Crippen molar-refractivity contribution < 1.29 is 18.7 Å². The maximum absolute atomic E-state index is 12.5. The Bertz CT molecular complexity index is 1060. The zero-order valence-corrected chi connectivity index (χ0v) is 19.5. The van der Waals surface area contributed by atoms with Gasteiger partial charge in [-0.1, -0.05) is 35.9 Å². The van der Waals surface area contributed by atoms with Gasteiger partial charge in [-0.25, -0.2) is 0 Å². The monoisotopic (exact) mass is 468 g/mol. The van der Waals surface area contributed by atoms with E-state index in [1.54, 1.807) is 18.2 Å². The summed E-state index contributed by atoms with van der Waals surface area (Å²) in [6.45, 7) is 3.52. The van der Waals surface area contributed by atoms with Crippen LogP contribution < -0.4 is 10.1 Å². The van der Waals surface area contributed by atoms with Gasteiger partial charge in [0.05, 0.1) is 5.02 Å². The lowest BCUT2D eigenvalue weighted by Crippen LogP contribution is -2.38. The minimum Gasteiger partial charge on any atom is -0.492 e. The summed E-state index contributed by atoms with van der Waals surface area (Å²) >= 11 is 6.22. The molecule has 0 spiro atoms. The van der Waals surface area contributed by atoms with Gasteiger partial charge in [-0.15, -0.1) is 0 Å². The predicted molar refractivity (Wildman–Crippen MR) is 129 cm³/mol. The summed E-state index contributed by atoms with van der Waals surface area (Å²) < 4.78 is 17.1. The number of rotatable bonds is 9. The van der Waals surface area contributed by atoms with Gasteiger partial charge >= 0.3 is 0 Å². The van der Waals surface area contributed by atoms with Crippen LogP contribution in [-0.4, -0.2) is 50.3 Å². The van der Waals surface area contributed by atoms with E-state index >= 15 is 0 Å². The Morgan fingerprint density at radius 2 is 1.94 bits per heavy atom. The Morgan fingerprint density at radius 3 is 2.76 bits per heavy atom. The molecule has 2 heterocycles. The highest BCUT2D eigenvalue weighted by Gasteiger charge is 2.18. The molecular formula is C26H29ClN2O4. The molecule has 0 atom stereocenters. The van der Waals surface area contributed by atoms with Gasteiger partial charge in [0, 0.05) is 37.9 Å². The Labute approximate surface area is 199 Å². The zero-order valence-electron chi connectivity index (χ0n) is 18.8. The van der Waals surface area contributed by atoms with Gasteiger partial charge in [-0.3, -0.25) is 9.69 Å². The summed E-state index contributed by atoms with van der Waals surface area (Å²) in [7, 11) is 2.14. The quantitative estimate of drug-likeness (QED) is 0.477. The van der Waals surface area contributed by atoms with Gasteiger partial charge in [-0.2, -0.15) is 0 Å². The van der Waals surface area contributed by atoms with Gasteiger partial charge in [-0.05, 0) is 61.9 Å². The normalized spacial score (nSPS) is 14.4. The highest BCUT2D eigenvalue weighted by Crippen LogP contribution is 2.29. The lowest BCUT2D eigenvalue weighted by molar-refractivity contribution is 0.0392. The molecule has 0 saturated carbocycles. The zero-order chi connectivity index (χ0) is 23.0. The van der Waals surface area contributed by atoms with Crippen LogP contribution in [0.4, 0.5) is 0 Å². The van der Waals surface area contributed by atoms with Crippen LogP contribution >= 0.6 is 11.6 Å². The fraction of sp³-hybridized carbons (Fsp3) is 0.346. The van der Waals surface area contributed by atoms with Crippen molar-refractivity contribution in [3.63, 3.8) is 0 Å². The molecule has 1 fully saturated rings. The predicted octanol–water partition coefficient (Wildman–Crippen LogP) is 5.02. The SMILES string of the molecule is CN(CCOc1cccc(CNC(=O)c2ccc(-c3ccccc3Cl)o2)c1)C1CCOCC1. The Hall–Kier alpha value is -2.80. The van der Waals surface area contributed by atoms with Crippen LogP contribution in [0.25, 0.3) is 11.3 Å². The molecule has 33 heavy (non-hydrogen) atoms. The minimum absolute atomic E-state index is 0.244. The first-order chi connectivity index (χ1) is 16.1. The summed E-state index contributed by atoms with van der Waals surface area (Å²) in [5.41, 5.74) is 1.71. The number of nitrogens with zero attached hydrogens (tertiary/aromatic N) is 1. The third kappa shape index (κ3) is 6.38. The minimum atomic E-state index is -0.280. The van der Waals surface area contributed by atoms with Crippen molar-refractivity contribution in [3.05, 3.63) is 77.0 Å². The number of nitrogens with one attached hydrogen (secondary N) is 1. The molecule has 174 valence electrons. The number of furan rings is 1. The van der Waals surface area contributed by atoms with E-state index in [4.69, 9.17) is 25.5 Å². The maximum atomic E-state index is 12.5. The van der Waals surface area contributed by atoms with E-state index in [1.807, 2.05) is 42.5 Å². The molecule has 0 bridgehead atoms. The highest BCUT2D eigenvalue weighted by atomic mass is 35.5. The summed E-state index contributed by atoms with van der Waals surface area (Å²) in [5.74, 6) is 1.32. The standard InChI is InChI=1S/C26H29ClN2O4/c1-29(20-11-14-31-15-12-20)13-16-32-21-6-4-5-19(17-21)18-28-26(30)25-10-9-24(33-25)22-7-2-3-8-23(22)27/h2-10,17,20H,11-16,18H2,1H3,(H,28,30). The average Bonchev–Trinajstić information content (AvgIpc) is 3.34. The smallest absolute Gasteiger partial charge is 0.287 e. The van der Waals surface area contributed by atoms with Gasteiger partial charge in [0.25, 0.3) is 5.91 Å². The molecule has 7 heteroatoms. The van der Waals surface area contributed by atoms with Gasteiger partial charge in [0.1, 0.15) is 18.1 Å². The third-order valence-corrected chi connectivity index (χ3v) is 6.18. The number of carbonyl (C=O) groups excluding carboxylic acids is 1. The number of hydrogen-bond acceptors (Lipinski definition) is 5. The summed E-state index contributed by atoms with van der Waals surface area (Å²) in [4.78, 5) is 14.9. The van der Waals surface area contributed by atoms with E-state index in [1.165, 1.54) is 0 Å². The summed E-state index contributed by atoms with van der Waals surface area (Å²) in [5, 5.41) is 3.48. The Kier molecular flexibility index (Phi) is 8.05. The van der Waals surface area contributed by atoms with E-state index in [2.05, 4.69) is 17.3 Å². The molecule has 2 aromatic carbocycles. The summed E-state index contributed by atoms with van der Waals surface area (Å²) in [6, 6.07) is 19.1. The van der Waals surface area contributed by atoms with Crippen molar-refractivity contribution in [2.24, 2.45) is 0 Å². The first kappa shape index (κ1) is 23.4. The first-order valence-electron chi connectivity index (χ1n) is 11.2. The van der Waals surface area contributed by atoms with E-state index in [9.17, 15) is 4.79 Å². The van der Waals surface area contributed by atoms with Crippen LogP contribution in [0.2, 0.25) is 5.02 Å². The van der Waals surface area contributed by atoms with Crippen LogP contribution in [0.3, 0.4) is 0 Å². The van der Waals surface area contributed by atoms with Gasteiger partial charge in [0.2, 0.25) is 0 Å². The molecule has 1 aliphatic heterocycles. The van der Waals surface area contributed by atoms with Gasteiger partial charge in [0.15, 0.2) is 5.76 Å². The van der Waals surface area contributed by atoms with Gasteiger partial charge < -0.3 is 19.2 Å². The molecule has 1 aliphatic rings. The fourth-order valence-electron chi connectivity index (χ4n) is 3.90. The molecule has 6 nitrogen and oxygen atoms in total. The molecule has 0 unspecified atom stereocenters. The van der Waals surface area contributed by atoms with E-state index < -0.39 is 0 Å². The van der Waals surface area contributed by atoms with Crippen LogP contribution in [-0.2, 0) is 11.3 Å². The van der Waals surface area contributed by atoms with Crippen molar-refractivity contribution in [2.75, 3.05) is 33.4 Å². The number of likely N-dealkylation sites (N-methyl/N-ethyl adjacent to an activating group) is 1. The largest absolute Gasteiger partial charge is 0.492 e. The van der Waals surface area contributed by atoms with Crippen molar-refractivity contribution >= 4 is 17.5 Å². The molecule has 0 aliphatic carbocycles. The lowest BCUT2D eigenvalue weighted by Gasteiger charge is -2.31. The van der Waals surface area contributed by atoms with Crippen molar-refractivity contribution in [1.82, 2.24) is 10.2 Å². The first-order valence-corrected chi connectivity index (χ1v) is 11.6. The molecule has 0 radical (unpaired) electrons. The molecular weight excluding hydrogens is 440 g/mol. The number of ether oxygens (including phenoxy) is 2. The molecule has 1 amide bonds. The molecule has 4 rings (SSSR count). The van der Waals surface area contributed by atoms with Crippen molar-refractivity contribution in [2.45, 2.75) is 25.4 Å². The van der Waals surface area contributed by atoms with E-state index in [0.717, 1.165) is 49.5 Å². The average molecular weight is 469 g/mol. The summed E-state index contributed by atoms with van der Waals surface area (Å²) in [6.07, 6.45) is 2.14. The van der Waals surface area contributed by atoms with Crippen LogP contribution in [0, 0.1) is 0 Å². The Morgan fingerprint density at radius 1 is 1.12 bits per heavy atom. The second-order valence-corrected chi connectivity index (χ2v) is 8.55. The van der Waals surface area contributed by atoms with Crippen molar-refractivity contribution in [3.8, 4) is 17.1 Å². The number of amides is 1. The van der Waals surface area contributed by atoms with E-state index in [-0.39, 0.29) is 11.7 Å². The van der Waals surface area contributed by atoms with Crippen LogP contribution in [0.1, 0.15) is 29.0 Å². The third-order valence-electron chi connectivity index (χ3n) is 5.85. The topological polar surface area (TPSA) is 63.9 Å². The molecule has 3 aromatic rings. The highest BCUT2D eigenvalue weighted by molar-refractivity contribution is 6.33. The maximum Gasteiger partial charge on any atom is 0.287 e. The number of carbonyl (C=O) groups is 1. The number of hydrogen-bond donors (Lipinski definition) is 1. The van der Waals surface area contributed by atoms with E-state index in [0.29, 0.717) is 30.0 Å². The molecule has 1 N–H and O–H groups in total. The Balaban J connectivity index is 1.26. The van der Waals surface area contributed by atoms with Crippen LogP contribution in [0.5, 0.6) is 5.75 Å². The second-order valence-electron chi connectivity index (χ2n) is 8.15. The molecule has 1 aromatic heterocycles.